The molecule has 4 rings (SSSR count). The predicted octanol–water partition coefficient (Wildman–Crippen LogP) is 3.43. The van der Waals surface area contributed by atoms with Gasteiger partial charge < -0.3 is 9.88 Å². The van der Waals surface area contributed by atoms with E-state index in [1.165, 1.54) is 0 Å². The summed E-state index contributed by atoms with van der Waals surface area (Å²) in [6, 6.07) is 15.3. The number of hydrogen-bond acceptors (Lipinski definition) is 3. The zero-order valence-electron chi connectivity index (χ0n) is 16.3. The molecule has 7 heteroatoms. The molecule has 0 spiro atoms. The number of fused-ring (bicyclic) bond motifs is 1. The summed E-state index contributed by atoms with van der Waals surface area (Å²) in [6.45, 7) is 3.06. The van der Waals surface area contributed by atoms with Crippen LogP contribution in [0.1, 0.15) is 19.8 Å². The topological polar surface area (TPSA) is 73.8 Å². The Kier molecular flexibility index (Phi) is 5.29. The van der Waals surface area contributed by atoms with Gasteiger partial charge >= 0.3 is 5.69 Å². The van der Waals surface area contributed by atoms with Gasteiger partial charge in [0.1, 0.15) is 0 Å². The highest BCUT2D eigenvalue weighted by atomic mass is 16.2. The van der Waals surface area contributed by atoms with Gasteiger partial charge in [-0.3, -0.25) is 13.9 Å². The standard InChI is InChI=1S/C22H23N5O2/c1-2-13-26-19-5-3-4-6-20(19)27(22(26)29)14-11-21(28)24-17-7-9-18(10-8-17)25-15-12-23-16-25/h3-10,12,15-16H,2,11,13-14H2,1H3,(H,24,28). The predicted molar refractivity (Wildman–Crippen MR) is 113 cm³/mol. The second-order valence-electron chi connectivity index (χ2n) is 6.89. The summed E-state index contributed by atoms with van der Waals surface area (Å²) in [5.74, 6) is -0.125. The molecule has 0 saturated heterocycles. The van der Waals surface area contributed by atoms with Gasteiger partial charge in [0.2, 0.25) is 5.91 Å². The molecule has 148 valence electrons. The number of benzene rings is 2. The van der Waals surface area contributed by atoms with Crippen molar-refractivity contribution >= 4 is 22.6 Å². The van der Waals surface area contributed by atoms with Gasteiger partial charge in [0, 0.05) is 43.3 Å². The fourth-order valence-electron chi connectivity index (χ4n) is 3.49. The average molecular weight is 389 g/mol. The van der Waals surface area contributed by atoms with Crippen molar-refractivity contribution in [3.63, 3.8) is 0 Å². The number of amides is 1. The molecule has 0 aliphatic rings. The number of hydrogen-bond donors (Lipinski definition) is 1. The number of carbonyl (C=O) groups excluding carboxylic acids is 1. The first-order valence-electron chi connectivity index (χ1n) is 9.73. The summed E-state index contributed by atoms with van der Waals surface area (Å²) >= 11 is 0. The average Bonchev–Trinajstić information content (AvgIpc) is 3.35. The van der Waals surface area contributed by atoms with Crippen molar-refractivity contribution in [1.82, 2.24) is 18.7 Å². The number of anilines is 1. The van der Waals surface area contributed by atoms with E-state index < -0.39 is 0 Å². The molecule has 0 atom stereocenters. The maximum Gasteiger partial charge on any atom is 0.329 e. The second-order valence-corrected chi connectivity index (χ2v) is 6.89. The molecule has 0 aliphatic heterocycles. The van der Waals surface area contributed by atoms with Gasteiger partial charge in [-0.25, -0.2) is 9.78 Å². The SMILES string of the molecule is CCCn1c(=O)n(CCC(=O)Nc2ccc(-n3ccnc3)cc2)c2ccccc21. The van der Waals surface area contributed by atoms with Crippen LogP contribution in [0.4, 0.5) is 5.69 Å². The van der Waals surface area contributed by atoms with Gasteiger partial charge in [-0.2, -0.15) is 0 Å². The van der Waals surface area contributed by atoms with Crippen molar-refractivity contribution in [2.24, 2.45) is 0 Å². The number of nitrogens with one attached hydrogen (secondary N) is 1. The van der Waals surface area contributed by atoms with Crippen LogP contribution in [0.15, 0.2) is 72.0 Å². The highest BCUT2D eigenvalue weighted by Gasteiger charge is 2.13. The van der Waals surface area contributed by atoms with Gasteiger partial charge in [-0.15, -0.1) is 0 Å². The number of rotatable bonds is 7. The van der Waals surface area contributed by atoms with Crippen LogP contribution >= 0.6 is 0 Å². The summed E-state index contributed by atoms with van der Waals surface area (Å²) in [4.78, 5) is 29.2. The van der Waals surface area contributed by atoms with E-state index >= 15 is 0 Å². The minimum absolute atomic E-state index is 0.0643. The van der Waals surface area contributed by atoms with Gasteiger partial charge in [0.05, 0.1) is 17.4 Å². The van der Waals surface area contributed by atoms with Crippen molar-refractivity contribution in [2.75, 3.05) is 5.32 Å². The number of aryl methyl sites for hydroxylation is 2. The van der Waals surface area contributed by atoms with Crippen LogP contribution in [0, 0.1) is 0 Å². The molecule has 2 aromatic heterocycles. The van der Waals surface area contributed by atoms with Gasteiger partial charge in [0.25, 0.3) is 0 Å². The third kappa shape index (κ3) is 3.85. The monoisotopic (exact) mass is 389 g/mol. The minimum atomic E-state index is -0.125. The van der Waals surface area contributed by atoms with Crippen LogP contribution in [0.2, 0.25) is 0 Å². The first-order valence-corrected chi connectivity index (χ1v) is 9.73. The minimum Gasteiger partial charge on any atom is -0.326 e. The summed E-state index contributed by atoms with van der Waals surface area (Å²) in [5, 5.41) is 2.90. The molecule has 2 aromatic carbocycles. The molecule has 2 heterocycles. The maximum absolute atomic E-state index is 12.8. The first-order chi connectivity index (χ1) is 14.2. The third-order valence-corrected chi connectivity index (χ3v) is 4.89. The maximum atomic E-state index is 12.8. The first kappa shape index (κ1) is 18.7. The van der Waals surface area contributed by atoms with E-state index in [0.29, 0.717) is 13.1 Å². The summed E-state index contributed by atoms with van der Waals surface area (Å²) < 4.78 is 5.36. The molecule has 0 unspecified atom stereocenters. The molecule has 0 fully saturated rings. The van der Waals surface area contributed by atoms with Crippen LogP contribution < -0.4 is 11.0 Å². The molecule has 0 bridgehead atoms. The number of nitrogens with zero attached hydrogens (tertiary/aromatic N) is 4. The Morgan fingerprint density at radius 2 is 1.69 bits per heavy atom. The van der Waals surface area contributed by atoms with Crippen molar-refractivity contribution in [1.29, 1.82) is 0 Å². The molecule has 7 nitrogen and oxygen atoms in total. The van der Waals surface area contributed by atoms with E-state index in [4.69, 9.17) is 0 Å². The second kappa shape index (κ2) is 8.18. The van der Waals surface area contributed by atoms with Crippen LogP contribution in [0.5, 0.6) is 0 Å². The molecule has 4 aromatic rings. The van der Waals surface area contributed by atoms with Crippen LogP contribution in [0.3, 0.4) is 0 Å². The molecule has 1 amide bonds. The Labute approximate surface area is 168 Å². The highest BCUT2D eigenvalue weighted by molar-refractivity contribution is 5.90. The van der Waals surface area contributed by atoms with E-state index in [-0.39, 0.29) is 18.0 Å². The van der Waals surface area contributed by atoms with Gasteiger partial charge in [0.15, 0.2) is 0 Å². The summed E-state index contributed by atoms with van der Waals surface area (Å²) in [6.07, 6.45) is 6.41. The number of carbonyl (C=O) groups is 1. The fourth-order valence-corrected chi connectivity index (χ4v) is 3.49. The summed E-state index contributed by atoms with van der Waals surface area (Å²) in [5.41, 5.74) is 3.40. The van der Waals surface area contributed by atoms with Crippen molar-refractivity contribution in [2.45, 2.75) is 32.9 Å². The fraction of sp³-hybridized carbons (Fsp3) is 0.227. The third-order valence-electron chi connectivity index (χ3n) is 4.89. The lowest BCUT2D eigenvalue weighted by Crippen LogP contribution is -2.26. The lowest BCUT2D eigenvalue weighted by molar-refractivity contribution is -0.116. The lowest BCUT2D eigenvalue weighted by atomic mass is 10.2. The van der Waals surface area contributed by atoms with Crippen LogP contribution in [-0.2, 0) is 17.9 Å². The smallest absolute Gasteiger partial charge is 0.326 e. The molecular formula is C22H23N5O2. The van der Waals surface area contributed by atoms with Crippen molar-refractivity contribution in [3.05, 3.63) is 77.7 Å². The van der Waals surface area contributed by atoms with Gasteiger partial charge in [-0.1, -0.05) is 19.1 Å². The Hall–Kier alpha value is -3.61. The molecule has 1 N–H and O–H groups in total. The van der Waals surface area contributed by atoms with E-state index in [1.807, 2.05) is 66.2 Å². The van der Waals surface area contributed by atoms with Crippen LogP contribution in [0.25, 0.3) is 16.7 Å². The Morgan fingerprint density at radius 1 is 1.00 bits per heavy atom. The number of para-hydroxylation sites is 2. The van der Waals surface area contributed by atoms with E-state index in [1.54, 1.807) is 21.7 Å². The molecule has 0 saturated carbocycles. The lowest BCUT2D eigenvalue weighted by Gasteiger charge is -2.08. The van der Waals surface area contributed by atoms with E-state index in [9.17, 15) is 9.59 Å². The van der Waals surface area contributed by atoms with Crippen molar-refractivity contribution < 1.29 is 4.79 Å². The quantitative estimate of drug-likeness (QED) is 0.526. The summed E-state index contributed by atoms with van der Waals surface area (Å²) in [7, 11) is 0. The molecule has 0 radical (unpaired) electrons. The molecule has 0 aliphatic carbocycles. The van der Waals surface area contributed by atoms with E-state index in [2.05, 4.69) is 10.3 Å². The Balaban J connectivity index is 1.45. The largest absolute Gasteiger partial charge is 0.329 e. The molecular weight excluding hydrogens is 366 g/mol. The zero-order chi connectivity index (χ0) is 20.2. The highest BCUT2D eigenvalue weighted by Crippen LogP contribution is 2.15. The molecule has 29 heavy (non-hydrogen) atoms. The Morgan fingerprint density at radius 3 is 2.31 bits per heavy atom. The Bertz CT molecular complexity index is 1170. The number of imidazole rings is 2. The van der Waals surface area contributed by atoms with Crippen LogP contribution in [-0.4, -0.2) is 24.6 Å². The van der Waals surface area contributed by atoms with Crippen molar-refractivity contribution in [3.8, 4) is 5.69 Å². The van der Waals surface area contributed by atoms with Gasteiger partial charge in [-0.05, 0) is 42.8 Å². The normalized spacial score (nSPS) is 11.1. The van der Waals surface area contributed by atoms with E-state index in [0.717, 1.165) is 28.8 Å². The number of aromatic nitrogens is 4. The zero-order valence-corrected chi connectivity index (χ0v) is 16.3.